The first-order valence-corrected chi connectivity index (χ1v) is 6.01. The van der Waals surface area contributed by atoms with Crippen molar-refractivity contribution in [3.8, 4) is 0 Å². The summed E-state index contributed by atoms with van der Waals surface area (Å²) in [6.45, 7) is 8.40. The van der Waals surface area contributed by atoms with Gasteiger partial charge in [-0.1, -0.05) is 0 Å². The number of aliphatic hydroxyl groups excluding tert-OH is 1. The molecule has 1 aromatic heterocycles. The van der Waals surface area contributed by atoms with Gasteiger partial charge in [0.1, 0.15) is 0 Å². The molecular weight excluding hydrogens is 216 g/mol. The van der Waals surface area contributed by atoms with Crippen molar-refractivity contribution in [2.24, 2.45) is 0 Å². The van der Waals surface area contributed by atoms with Gasteiger partial charge in [0.15, 0.2) is 0 Å². The molecule has 1 saturated heterocycles. The Bertz CT molecular complexity index is 374. The van der Waals surface area contributed by atoms with Crippen molar-refractivity contribution < 1.29 is 9.84 Å². The second-order valence-corrected chi connectivity index (χ2v) is 5.15. The third kappa shape index (κ3) is 2.96. The second kappa shape index (κ2) is 4.63. The third-order valence-corrected chi connectivity index (χ3v) is 2.99. The van der Waals surface area contributed by atoms with Crippen LogP contribution in [0, 0.1) is 0 Å². The molecule has 1 fully saturated rings. The number of pyridine rings is 1. The van der Waals surface area contributed by atoms with E-state index in [-0.39, 0.29) is 5.60 Å². The highest BCUT2D eigenvalue weighted by Gasteiger charge is 2.27. The van der Waals surface area contributed by atoms with Crippen LogP contribution in [0.1, 0.15) is 32.6 Å². The quantitative estimate of drug-likeness (QED) is 0.849. The van der Waals surface area contributed by atoms with Crippen molar-refractivity contribution in [3.05, 3.63) is 24.0 Å². The van der Waals surface area contributed by atoms with Gasteiger partial charge in [-0.3, -0.25) is 4.98 Å². The Kier molecular flexibility index (Phi) is 3.35. The molecule has 1 atom stereocenters. The van der Waals surface area contributed by atoms with Crippen molar-refractivity contribution in [2.45, 2.75) is 32.5 Å². The SMILES string of the molecule is C[C@H](O)c1ccc(N2CCOC(C)(C)C2)cn1. The van der Waals surface area contributed by atoms with Crippen molar-refractivity contribution in [3.63, 3.8) is 0 Å². The van der Waals surface area contributed by atoms with E-state index in [2.05, 4.69) is 23.7 Å². The number of morpholine rings is 1. The fourth-order valence-electron chi connectivity index (χ4n) is 2.07. The van der Waals surface area contributed by atoms with Crippen LogP contribution in [0.5, 0.6) is 0 Å². The largest absolute Gasteiger partial charge is 0.387 e. The predicted octanol–water partition coefficient (Wildman–Crippen LogP) is 1.75. The van der Waals surface area contributed by atoms with Crippen molar-refractivity contribution >= 4 is 5.69 Å². The molecule has 0 aromatic carbocycles. The zero-order valence-electron chi connectivity index (χ0n) is 10.7. The van der Waals surface area contributed by atoms with Crippen LogP contribution < -0.4 is 4.90 Å². The van der Waals surface area contributed by atoms with E-state index in [4.69, 9.17) is 4.74 Å². The van der Waals surface area contributed by atoms with Crippen molar-refractivity contribution in [1.29, 1.82) is 0 Å². The van der Waals surface area contributed by atoms with Gasteiger partial charge in [0.25, 0.3) is 0 Å². The summed E-state index contributed by atoms with van der Waals surface area (Å²) >= 11 is 0. The number of ether oxygens (including phenoxy) is 1. The number of aliphatic hydroxyl groups is 1. The molecule has 1 N–H and O–H groups in total. The van der Waals surface area contributed by atoms with E-state index < -0.39 is 6.10 Å². The molecule has 4 nitrogen and oxygen atoms in total. The lowest BCUT2D eigenvalue weighted by atomic mass is 10.1. The molecule has 0 saturated carbocycles. The fraction of sp³-hybridized carbons (Fsp3) is 0.615. The average molecular weight is 236 g/mol. The Hall–Kier alpha value is -1.13. The van der Waals surface area contributed by atoms with Crippen molar-refractivity contribution in [2.75, 3.05) is 24.6 Å². The molecule has 0 spiro atoms. The predicted molar refractivity (Wildman–Crippen MR) is 67.1 cm³/mol. The Labute approximate surface area is 102 Å². The van der Waals surface area contributed by atoms with E-state index >= 15 is 0 Å². The topological polar surface area (TPSA) is 45.6 Å². The van der Waals surface area contributed by atoms with E-state index in [1.807, 2.05) is 18.3 Å². The van der Waals surface area contributed by atoms with Crippen LogP contribution in [-0.2, 0) is 4.74 Å². The van der Waals surface area contributed by atoms with Crippen LogP contribution in [0.4, 0.5) is 5.69 Å². The minimum atomic E-state index is -0.509. The van der Waals surface area contributed by atoms with E-state index in [9.17, 15) is 5.11 Å². The van der Waals surface area contributed by atoms with Gasteiger partial charge in [-0.05, 0) is 32.9 Å². The van der Waals surface area contributed by atoms with Gasteiger partial charge in [-0.2, -0.15) is 0 Å². The maximum Gasteiger partial charge on any atom is 0.0931 e. The Balaban J connectivity index is 2.12. The Morgan fingerprint density at radius 3 is 2.76 bits per heavy atom. The molecule has 0 bridgehead atoms. The van der Waals surface area contributed by atoms with Gasteiger partial charge in [-0.25, -0.2) is 0 Å². The number of nitrogens with zero attached hydrogens (tertiary/aromatic N) is 2. The number of anilines is 1. The number of hydrogen-bond acceptors (Lipinski definition) is 4. The lowest BCUT2D eigenvalue weighted by Crippen LogP contribution is -2.48. The molecule has 4 heteroatoms. The molecule has 0 unspecified atom stereocenters. The molecule has 17 heavy (non-hydrogen) atoms. The first kappa shape index (κ1) is 12.3. The molecular formula is C13H20N2O2. The molecule has 1 aromatic rings. The lowest BCUT2D eigenvalue weighted by Gasteiger charge is -2.39. The smallest absolute Gasteiger partial charge is 0.0931 e. The Morgan fingerprint density at radius 2 is 2.24 bits per heavy atom. The highest BCUT2D eigenvalue weighted by molar-refractivity contribution is 5.45. The molecule has 0 amide bonds. The maximum absolute atomic E-state index is 9.41. The Morgan fingerprint density at radius 1 is 1.47 bits per heavy atom. The minimum Gasteiger partial charge on any atom is -0.387 e. The molecule has 1 aliphatic rings. The van der Waals surface area contributed by atoms with Crippen LogP contribution in [0.3, 0.4) is 0 Å². The van der Waals surface area contributed by atoms with Gasteiger partial charge in [-0.15, -0.1) is 0 Å². The highest BCUT2D eigenvalue weighted by Crippen LogP contribution is 2.23. The van der Waals surface area contributed by atoms with Crippen LogP contribution >= 0.6 is 0 Å². The lowest BCUT2D eigenvalue weighted by molar-refractivity contribution is -0.0277. The summed E-state index contributed by atoms with van der Waals surface area (Å²) in [4.78, 5) is 6.53. The van der Waals surface area contributed by atoms with Gasteiger partial charge in [0.05, 0.1) is 35.9 Å². The molecule has 0 radical (unpaired) electrons. The first-order valence-electron chi connectivity index (χ1n) is 6.01. The van der Waals surface area contributed by atoms with E-state index in [1.165, 1.54) is 0 Å². The number of rotatable bonds is 2. The monoisotopic (exact) mass is 236 g/mol. The fourth-order valence-corrected chi connectivity index (χ4v) is 2.07. The zero-order chi connectivity index (χ0) is 12.5. The summed E-state index contributed by atoms with van der Waals surface area (Å²) in [6.07, 6.45) is 1.31. The number of hydrogen-bond donors (Lipinski definition) is 1. The first-order chi connectivity index (χ1) is 7.98. The third-order valence-electron chi connectivity index (χ3n) is 2.99. The van der Waals surface area contributed by atoms with Gasteiger partial charge in [0.2, 0.25) is 0 Å². The van der Waals surface area contributed by atoms with Crippen LogP contribution in [0.15, 0.2) is 18.3 Å². The van der Waals surface area contributed by atoms with Crippen LogP contribution in [-0.4, -0.2) is 35.4 Å². The highest BCUT2D eigenvalue weighted by atomic mass is 16.5. The van der Waals surface area contributed by atoms with Crippen LogP contribution in [0.25, 0.3) is 0 Å². The number of aromatic nitrogens is 1. The van der Waals surface area contributed by atoms with Crippen LogP contribution in [0.2, 0.25) is 0 Å². The molecule has 0 aliphatic carbocycles. The molecule has 2 heterocycles. The second-order valence-electron chi connectivity index (χ2n) is 5.15. The van der Waals surface area contributed by atoms with E-state index in [0.29, 0.717) is 5.69 Å². The standard InChI is InChI=1S/C13H20N2O2/c1-10(16)12-5-4-11(8-14-12)15-6-7-17-13(2,3)9-15/h4-5,8,10,16H,6-7,9H2,1-3H3/t10-/m0/s1. The summed E-state index contributed by atoms with van der Waals surface area (Å²) in [6, 6.07) is 3.89. The van der Waals surface area contributed by atoms with E-state index in [1.54, 1.807) is 6.92 Å². The summed E-state index contributed by atoms with van der Waals surface area (Å²) in [5.41, 5.74) is 1.69. The van der Waals surface area contributed by atoms with Gasteiger partial charge in [0, 0.05) is 13.1 Å². The van der Waals surface area contributed by atoms with Crippen molar-refractivity contribution in [1.82, 2.24) is 4.98 Å². The van der Waals surface area contributed by atoms with Gasteiger partial charge < -0.3 is 14.7 Å². The molecule has 1 aliphatic heterocycles. The van der Waals surface area contributed by atoms with E-state index in [0.717, 1.165) is 25.4 Å². The summed E-state index contributed by atoms with van der Waals surface area (Å²) < 4.78 is 5.68. The molecule has 2 rings (SSSR count). The minimum absolute atomic E-state index is 0.110. The summed E-state index contributed by atoms with van der Waals surface area (Å²) in [7, 11) is 0. The zero-order valence-corrected chi connectivity index (χ0v) is 10.7. The molecule has 94 valence electrons. The summed E-state index contributed by atoms with van der Waals surface area (Å²) in [5.74, 6) is 0. The maximum atomic E-state index is 9.41. The average Bonchev–Trinajstić information content (AvgIpc) is 2.28. The normalized spacial score (nSPS) is 21.3. The van der Waals surface area contributed by atoms with Gasteiger partial charge >= 0.3 is 0 Å². The summed E-state index contributed by atoms with van der Waals surface area (Å²) in [5, 5.41) is 9.41.